The number of carbonyl (C=O) groups is 1. The van der Waals surface area contributed by atoms with Gasteiger partial charge < -0.3 is 4.74 Å². The molecule has 0 saturated carbocycles. The largest absolute Gasteiger partial charge is 0.459 e. The zero-order valence-corrected chi connectivity index (χ0v) is 9.26. The van der Waals surface area contributed by atoms with Gasteiger partial charge in [-0.15, -0.1) is 0 Å². The summed E-state index contributed by atoms with van der Waals surface area (Å²) < 4.78 is 5.15. The van der Waals surface area contributed by atoms with Crippen LogP contribution in [0.3, 0.4) is 0 Å². The molecule has 1 unspecified atom stereocenters. The highest BCUT2D eigenvalue weighted by atomic mass is 32.1. The van der Waals surface area contributed by atoms with Crippen LogP contribution in [-0.4, -0.2) is 12.1 Å². The van der Waals surface area contributed by atoms with E-state index in [1.807, 2.05) is 18.4 Å². The van der Waals surface area contributed by atoms with Gasteiger partial charge in [0.05, 0.1) is 0 Å². The molecule has 0 N–H and O–H groups in total. The number of hydrogen-bond acceptors (Lipinski definition) is 3. The van der Waals surface area contributed by atoms with E-state index in [2.05, 4.69) is 12.0 Å². The Hall–Kier alpha value is -1.09. The SMILES string of the molecule is C=C(C)C(=O)OC(C)Cc1ccsc1. The number of rotatable bonds is 4. The average molecular weight is 210 g/mol. The molecule has 0 aliphatic carbocycles. The first-order valence-electron chi connectivity index (χ1n) is 4.47. The Labute approximate surface area is 88.2 Å². The van der Waals surface area contributed by atoms with Crippen LogP contribution >= 0.6 is 11.3 Å². The van der Waals surface area contributed by atoms with Crippen molar-refractivity contribution < 1.29 is 9.53 Å². The Kier molecular flexibility index (Phi) is 3.89. The van der Waals surface area contributed by atoms with Gasteiger partial charge in [-0.2, -0.15) is 11.3 Å². The first-order valence-corrected chi connectivity index (χ1v) is 5.41. The molecule has 2 nitrogen and oxygen atoms in total. The van der Waals surface area contributed by atoms with Gasteiger partial charge in [-0.25, -0.2) is 4.79 Å². The van der Waals surface area contributed by atoms with E-state index in [4.69, 9.17) is 4.74 Å². The van der Waals surface area contributed by atoms with Crippen molar-refractivity contribution in [2.45, 2.75) is 26.4 Å². The van der Waals surface area contributed by atoms with E-state index in [9.17, 15) is 4.79 Å². The molecule has 0 radical (unpaired) electrons. The Balaban J connectivity index is 2.40. The highest BCUT2D eigenvalue weighted by molar-refractivity contribution is 7.07. The summed E-state index contributed by atoms with van der Waals surface area (Å²) in [5.41, 5.74) is 1.65. The lowest BCUT2D eigenvalue weighted by atomic mass is 10.2. The lowest BCUT2D eigenvalue weighted by molar-refractivity contribution is -0.143. The van der Waals surface area contributed by atoms with Crippen LogP contribution in [-0.2, 0) is 16.0 Å². The summed E-state index contributed by atoms with van der Waals surface area (Å²) in [5.74, 6) is -0.312. The van der Waals surface area contributed by atoms with E-state index in [1.54, 1.807) is 18.3 Å². The summed E-state index contributed by atoms with van der Waals surface area (Å²) >= 11 is 1.65. The van der Waals surface area contributed by atoms with Crippen molar-refractivity contribution in [1.29, 1.82) is 0 Å². The molecule has 1 heterocycles. The standard InChI is InChI=1S/C11H14O2S/c1-8(2)11(12)13-9(3)6-10-4-5-14-7-10/h4-5,7,9H,1,6H2,2-3H3. The van der Waals surface area contributed by atoms with Crippen LogP contribution in [0.1, 0.15) is 19.4 Å². The van der Waals surface area contributed by atoms with Gasteiger partial charge in [0.2, 0.25) is 0 Å². The summed E-state index contributed by atoms with van der Waals surface area (Å²) in [6, 6.07) is 2.04. The van der Waals surface area contributed by atoms with Crippen LogP contribution in [0.5, 0.6) is 0 Å². The van der Waals surface area contributed by atoms with Crippen molar-refractivity contribution in [2.75, 3.05) is 0 Å². The minimum Gasteiger partial charge on any atom is -0.459 e. The fraction of sp³-hybridized carbons (Fsp3) is 0.364. The van der Waals surface area contributed by atoms with Crippen molar-refractivity contribution >= 4 is 17.3 Å². The number of carbonyl (C=O) groups excluding carboxylic acids is 1. The second kappa shape index (κ2) is 4.96. The molecule has 76 valence electrons. The summed E-state index contributed by atoms with van der Waals surface area (Å²) in [5, 5.41) is 4.08. The van der Waals surface area contributed by atoms with Crippen molar-refractivity contribution in [3.63, 3.8) is 0 Å². The van der Waals surface area contributed by atoms with Crippen LogP contribution in [0, 0.1) is 0 Å². The monoisotopic (exact) mass is 210 g/mol. The molecule has 0 aliphatic heterocycles. The van der Waals surface area contributed by atoms with Crippen LogP contribution in [0.25, 0.3) is 0 Å². The average Bonchev–Trinajstić information content (AvgIpc) is 2.56. The maximum atomic E-state index is 11.2. The molecule has 0 aliphatic rings. The molecule has 14 heavy (non-hydrogen) atoms. The van der Waals surface area contributed by atoms with Crippen LogP contribution in [0.2, 0.25) is 0 Å². The first kappa shape index (κ1) is 11.0. The topological polar surface area (TPSA) is 26.3 Å². The number of ether oxygens (including phenoxy) is 1. The van der Waals surface area contributed by atoms with Gasteiger partial charge >= 0.3 is 5.97 Å². The predicted molar refractivity (Wildman–Crippen MR) is 58.4 cm³/mol. The van der Waals surface area contributed by atoms with Crippen LogP contribution in [0.15, 0.2) is 29.0 Å². The second-order valence-electron chi connectivity index (χ2n) is 3.33. The van der Waals surface area contributed by atoms with Gasteiger partial charge in [0, 0.05) is 12.0 Å². The summed E-state index contributed by atoms with van der Waals surface area (Å²) in [4.78, 5) is 11.2. The molecule has 0 spiro atoms. The third kappa shape index (κ3) is 3.34. The minimum absolute atomic E-state index is 0.0891. The lowest BCUT2D eigenvalue weighted by Gasteiger charge is -2.11. The molecule has 3 heteroatoms. The molecular weight excluding hydrogens is 196 g/mol. The van der Waals surface area contributed by atoms with E-state index < -0.39 is 0 Å². The van der Waals surface area contributed by atoms with Gasteiger partial charge in [-0.05, 0) is 36.2 Å². The molecule has 0 fully saturated rings. The first-order chi connectivity index (χ1) is 6.59. The second-order valence-corrected chi connectivity index (χ2v) is 4.11. The molecular formula is C11H14O2S. The Morgan fingerprint density at radius 3 is 2.93 bits per heavy atom. The van der Waals surface area contributed by atoms with Crippen molar-refractivity contribution in [3.05, 3.63) is 34.5 Å². The Morgan fingerprint density at radius 1 is 1.71 bits per heavy atom. The smallest absolute Gasteiger partial charge is 0.333 e. The van der Waals surface area contributed by atoms with Crippen LogP contribution < -0.4 is 0 Å². The molecule has 1 atom stereocenters. The maximum absolute atomic E-state index is 11.2. The van der Waals surface area contributed by atoms with Crippen molar-refractivity contribution in [2.24, 2.45) is 0 Å². The van der Waals surface area contributed by atoms with Gasteiger partial charge in [-0.1, -0.05) is 6.58 Å². The third-order valence-corrected chi connectivity index (χ3v) is 2.49. The number of hydrogen-bond donors (Lipinski definition) is 0. The van der Waals surface area contributed by atoms with E-state index in [-0.39, 0.29) is 12.1 Å². The van der Waals surface area contributed by atoms with E-state index in [1.165, 1.54) is 5.56 Å². The minimum atomic E-state index is -0.312. The van der Waals surface area contributed by atoms with E-state index in [0.29, 0.717) is 5.57 Å². The van der Waals surface area contributed by atoms with Crippen molar-refractivity contribution in [3.8, 4) is 0 Å². The summed E-state index contributed by atoms with van der Waals surface area (Å²) in [6.45, 7) is 7.07. The van der Waals surface area contributed by atoms with E-state index in [0.717, 1.165) is 6.42 Å². The van der Waals surface area contributed by atoms with Crippen molar-refractivity contribution in [1.82, 2.24) is 0 Å². The van der Waals surface area contributed by atoms with Gasteiger partial charge in [0.25, 0.3) is 0 Å². The highest BCUT2D eigenvalue weighted by Crippen LogP contribution is 2.11. The Bertz CT molecular complexity index is 314. The summed E-state index contributed by atoms with van der Waals surface area (Å²) in [7, 11) is 0. The quantitative estimate of drug-likeness (QED) is 0.564. The molecule has 0 bridgehead atoms. The van der Waals surface area contributed by atoms with E-state index >= 15 is 0 Å². The van der Waals surface area contributed by atoms with Gasteiger partial charge in [-0.3, -0.25) is 0 Å². The molecule has 0 amide bonds. The van der Waals surface area contributed by atoms with Gasteiger partial charge in [0.15, 0.2) is 0 Å². The number of esters is 1. The molecule has 0 saturated heterocycles. The molecule has 1 rings (SSSR count). The summed E-state index contributed by atoms with van der Waals surface area (Å²) in [6.07, 6.45) is 0.677. The highest BCUT2D eigenvalue weighted by Gasteiger charge is 2.10. The zero-order chi connectivity index (χ0) is 10.6. The fourth-order valence-corrected chi connectivity index (χ4v) is 1.75. The fourth-order valence-electron chi connectivity index (χ4n) is 1.07. The zero-order valence-electron chi connectivity index (χ0n) is 8.45. The Morgan fingerprint density at radius 2 is 2.43 bits per heavy atom. The van der Waals surface area contributed by atoms with Gasteiger partial charge in [0.1, 0.15) is 6.10 Å². The molecule has 0 aromatic carbocycles. The maximum Gasteiger partial charge on any atom is 0.333 e. The number of thiophene rings is 1. The molecule has 1 aromatic rings. The molecule has 1 aromatic heterocycles. The van der Waals surface area contributed by atoms with Crippen LogP contribution in [0.4, 0.5) is 0 Å². The lowest BCUT2D eigenvalue weighted by Crippen LogP contribution is -2.17. The predicted octanol–water partition coefficient (Wildman–Crippen LogP) is 2.80. The third-order valence-electron chi connectivity index (χ3n) is 1.76. The normalized spacial score (nSPS) is 12.1.